The molecule has 1 spiro atoms. The molecule has 1 saturated heterocycles. The number of hydrogen-bond donors (Lipinski definition) is 5. The molecule has 0 unspecified atom stereocenters. The van der Waals surface area contributed by atoms with Crippen LogP contribution in [-0.2, 0) is 19.9 Å². The lowest BCUT2D eigenvalue weighted by molar-refractivity contribution is -0.142. The van der Waals surface area contributed by atoms with E-state index in [0.717, 1.165) is 12.8 Å². The third-order valence-corrected chi connectivity index (χ3v) is 7.68. The van der Waals surface area contributed by atoms with Crippen LogP contribution in [0.2, 0.25) is 5.02 Å². The first-order valence-electron chi connectivity index (χ1n) is 13.4. The maximum Gasteiger partial charge on any atom is 0.412 e. The third kappa shape index (κ3) is 6.71. The van der Waals surface area contributed by atoms with Crippen molar-refractivity contribution in [1.29, 1.82) is 0 Å². The van der Waals surface area contributed by atoms with Crippen molar-refractivity contribution < 1.29 is 33.8 Å². The van der Waals surface area contributed by atoms with Crippen molar-refractivity contribution in [2.24, 2.45) is 5.92 Å². The molecule has 0 bridgehead atoms. The minimum Gasteiger partial charge on any atom is -0.465 e. The van der Waals surface area contributed by atoms with Crippen LogP contribution in [0.4, 0.5) is 21.0 Å². The molecule has 216 valence electrons. The molecule has 0 aromatic heterocycles. The number of anilines is 2. The molecule has 5 N–H and O–H groups in total. The van der Waals surface area contributed by atoms with Gasteiger partial charge in [-0.1, -0.05) is 11.6 Å². The van der Waals surface area contributed by atoms with Crippen LogP contribution in [-0.4, -0.2) is 65.6 Å². The van der Waals surface area contributed by atoms with E-state index >= 15 is 0 Å². The number of carbonyl (C=O) groups is 5. The predicted octanol–water partition coefficient (Wildman–Crippen LogP) is 3.52. The van der Waals surface area contributed by atoms with Crippen LogP contribution >= 0.6 is 11.6 Å². The number of carboxylic acid groups (broad SMARTS) is 1. The van der Waals surface area contributed by atoms with E-state index in [-0.39, 0.29) is 30.1 Å². The Morgan fingerprint density at radius 1 is 1.15 bits per heavy atom. The summed E-state index contributed by atoms with van der Waals surface area (Å²) in [5.41, 5.74) is 0.524. The number of benzene rings is 2. The molecule has 1 saturated carbocycles. The van der Waals surface area contributed by atoms with Crippen molar-refractivity contribution in [3.05, 3.63) is 58.6 Å². The lowest BCUT2D eigenvalue weighted by Gasteiger charge is -2.45. The van der Waals surface area contributed by atoms with Gasteiger partial charge in [0.15, 0.2) is 5.60 Å². The predicted molar refractivity (Wildman–Crippen MR) is 149 cm³/mol. The summed E-state index contributed by atoms with van der Waals surface area (Å²) < 4.78 is 5.78. The van der Waals surface area contributed by atoms with Gasteiger partial charge in [0, 0.05) is 34.9 Å². The van der Waals surface area contributed by atoms with Gasteiger partial charge >= 0.3 is 12.2 Å². The molecule has 2 heterocycles. The molecule has 1 aliphatic carbocycles. The molecule has 2 atom stereocenters. The zero-order valence-corrected chi connectivity index (χ0v) is 22.8. The normalized spacial score (nSPS) is 20.2. The lowest BCUT2D eigenvalue weighted by atomic mass is 9.83. The van der Waals surface area contributed by atoms with Crippen molar-refractivity contribution >= 4 is 52.9 Å². The largest absolute Gasteiger partial charge is 0.465 e. The molecule has 2 fully saturated rings. The van der Waals surface area contributed by atoms with E-state index < -0.39 is 35.6 Å². The summed E-state index contributed by atoms with van der Waals surface area (Å²) in [6.07, 6.45) is 0.906. The number of fused-ring (bicyclic) bond motifs is 2. The van der Waals surface area contributed by atoms with Gasteiger partial charge < -0.3 is 25.4 Å². The summed E-state index contributed by atoms with van der Waals surface area (Å²) >= 11 is 6.25. The standard InChI is InChI=1S/C28H30ClN5O7/c29-18-6-9-21-20(12-18)28(41-27(40)33-21)10-1-11-34(15-28)25(37)22(13-23(35)30-14-16-2-3-16)32-24(36)17-4-7-19(8-5-17)31-26(38)39/h4-9,12,16,22,31H,1-3,10-11,13-15H2,(H,30,35)(H,32,36)(H,33,40)(H,38,39)/t22-,28-/m0/s1. The Morgan fingerprint density at radius 2 is 1.90 bits per heavy atom. The van der Waals surface area contributed by atoms with Crippen LogP contribution in [0.5, 0.6) is 0 Å². The number of carbonyl (C=O) groups excluding carboxylic acids is 4. The fraction of sp³-hybridized carbons (Fsp3) is 0.393. The maximum absolute atomic E-state index is 13.9. The number of rotatable bonds is 8. The lowest BCUT2D eigenvalue weighted by Crippen LogP contribution is -2.57. The number of nitrogens with zero attached hydrogens (tertiary/aromatic N) is 1. The highest BCUT2D eigenvalue weighted by Gasteiger charge is 2.47. The molecule has 12 nitrogen and oxygen atoms in total. The zero-order chi connectivity index (χ0) is 29.1. The Hall–Kier alpha value is -4.32. The van der Waals surface area contributed by atoms with Crippen molar-refractivity contribution in [1.82, 2.24) is 15.5 Å². The van der Waals surface area contributed by atoms with E-state index in [4.69, 9.17) is 21.4 Å². The van der Waals surface area contributed by atoms with Gasteiger partial charge in [-0.25, -0.2) is 9.59 Å². The summed E-state index contributed by atoms with van der Waals surface area (Å²) in [5, 5.41) is 19.7. The Morgan fingerprint density at radius 3 is 2.61 bits per heavy atom. The van der Waals surface area contributed by atoms with E-state index in [1.807, 2.05) is 0 Å². The highest BCUT2D eigenvalue weighted by Crippen LogP contribution is 2.43. The molecule has 2 aromatic carbocycles. The van der Waals surface area contributed by atoms with Crippen LogP contribution in [0.25, 0.3) is 0 Å². The number of ether oxygens (including phenoxy) is 1. The smallest absolute Gasteiger partial charge is 0.412 e. The minimum atomic E-state index is -1.24. The Labute approximate surface area is 240 Å². The van der Waals surface area contributed by atoms with E-state index in [1.165, 1.54) is 29.2 Å². The number of piperidine rings is 1. The summed E-state index contributed by atoms with van der Waals surface area (Å²) in [6.45, 7) is 0.879. The Kier molecular flexibility index (Phi) is 8.02. The molecule has 2 aliphatic heterocycles. The van der Waals surface area contributed by atoms with Crippen molar-refractivity contribution in [2.75, 3.05) is 30.3 Å². The first-order valence-corrected chi connectivity index (χ1v) is 13.8. The van der Waals surface area contributed by atoms with Gasteiger partial charge in [0.25, 0.3) is 5.91 Å². The average molecular weight is 584 g/mol. The number of amides is 5. The molecule has 5 amide bonds. The van der Waals surface area contributed by atoms with Gasteiger partial charge in [-0.05, 0) is 74.1 Å². The number of halogens is 1. The summed E-state index contributed by atoms with van der Waals surface area (Å²) in [7, 11) is 0. The second kappa shape index (κ2) is 11.7. The van der Waals surface area contributed by atoms with E-state index in [1.54, 1.807) is 18.2 Å². The first-order chi connectivity index (χ1) is 19.6. The van der Waals surface area contributed by atoms with Crippen LogP contribution < -0.4 is 21.3 Å². The van der Waals surface area contributed by atoms with Crippen molar-refractivity contribution in [2.45, 2.75) is 43.7 Å². The fourth-order valence-electron chi connectivity index (χ4n) is 5.21. The van der Waals surface area contributed by atoms with Crippen LogP contribution in [0.15, 0.2) is 42.5 Å². The molecule has 3 aliphatic rings. The summed E-state index contributed by atoms with van der Waals surface area (Å²) in [4.78, 5) is 64.6. The third-order valence-electron chi connectivity index (χ3n) is 7.44. The average Bonchev–Trinajstić information content (AvgIpc) is 3.76. The SMILES string of the molecule is O=C(O)Nc1ccc(C(=O)N[C@@H](CC(=O)NCC2CC2)C(=O)N2CCC[C@@]3(C2)OC(=O)Nc2ccc(Cl)cc23)cc1. The molecular formula is C28H30ClN5O7. The molecule has 5 rings (SSSR count). The van der Waals surface area contributed by atoms with E-state index in [9.17, 15) is 24.0 Å². The maximum atomic E-state index is 13.9. The van der Waals surface area contributed by atoms with Crippen LogP contribution in [0.3, 0.4) is 0 Å². The minimum absolute atomic E-state index is 0.0260. The van der Waals surface area contributed by atoms with Crippen molar-refractivity contribution in [3.63, 3.8) is 0 Å². The highest BCUT2D eigenvalue weighted by atomic mass is 35.5. The van der Waals surface area contributed by atoms with Crippen LogP contribution in [0, 0.1) is 5.92 Å². The van der Waals surface area contributed by atoms with E-state index in [2.05, 4.69) is 21.3 Å². The first kappa shape index (κ1) is 28.2. The van der Waals surface area contributed by atoms with Gasteiger partial charge in [0.2, 0.25) is 11.8 Å². The number of likely N-dealkylation sites (tertiary alicyclic amines) is 1. The van der Waals surface area contributed by atoms with Gasteiger partial charge in [0.05, 0.1) is 18.7 Å². The molecular weight excluding hydrogens is 554 g/mol. The van der Waals surface area contributed by atoms with Gasteiger partial charge in [0.1, 0.15) is 6.04 Å². The Balaban J connectivity index is 1.35. The zero-order valence-electron chi connectivity index (χ0n) is 22.1. The van der Waals surface area contributed by atoms with Gasteiger partial charge in [-0.2, -0.15) is 0 Å². The molecule has 2 aromatic rings. The Bertz CT molecular complexity index is 1380. The monoisotopic (exact) mass is 583 g/mol. The molecule has 13 heteroatoms. The number of hydrogen-bond acceptors (Lipinski definition) is 6. The second-order valence-corrected chi connectivity index (χ2v) is 11.0. The molecule has 41 heavy (non-hydrogen) atoms. The highest BCUT2D eigenvalue weighted by molar-refractivity contribution is 6.30. The molecule has 0 radical (unpaired) electrons. The fourth-order valence-corrected chi connectivity index (χ4v) is 5.38. The van der Waals surface area contributed by atoms with Crippen molar-refractivity contribution in [3.8, 4) is 0 Å². The van der Waals surface area contributed by atoms with E-state index in [0.29, 0.717) is 48.1 Å². The van der Waals surface area contributed by atoms with Gasteiger partial charge in [-0.15, -0.1) is 0 Å². The summed E-state index contributed by atoms with van der Waals surface area (Å²) in [5.74, 6) is -1.02. The number of nitrogens with one attached hydrogen (secondary N) is 4. The summed E-state index contributed by atoms with van der Waals surface area (Å²) in [6, 6.07) is 9.53. The second-order valence-electron chi connectivity index (χ2n) is 10.5. The van der Waals surface area contributed by atoms with Gasteiger partial charge in [-0.3, -0.25) is 25.0 Å². The topological polar surface area (TPSA) is 166 Å². The van der Waals surface area contributed by atoms with Crippen LogP contribution in [0.1, 0.15) is 48.0 Å². The quantitative estimate of drug-likeness (QED) is 0.317.